The molecular weight excluding hydrogens is 789 g/mol. The molecule has 1 fully saturated rings. The van der Waals surface area contributed by atoms with E-state index in [1.165, 1.54) is 11.8 Å². The van der Waals surface area contributed by atoms with E-state index in [0.29, 0.717) is 34.6 Å². The number of nitrogens with zero attached hydrogens (tertiary/aromatic N) is 3. The molecule has 4 aromatic carbocycles. The Kier molecular flexibility index (Phi) is 14.7. The first-order valence-corrected chi connectivity index (χ1v) is 20.0. The van der Waals surface area contributed by atoms with Crippen LogP contribution < -0.4 is 30.0 Å². The SMILES string of the molecule is COc1cccc(CCOc2ccnc3ccc(/C=C4\SC(=N)NC4=O)cc23)c1.COc1cccc(CCOc2ccnc3ccc(C=O)cc23)c1.NC1=NC(=O)CS1. The molecule has 0 radical (unpaired) electrons. The van der Waals surface area contributed by atoms with Crippen molar-refractivity contribution >= 4 is 79.8 Å². The molecule has 6 aromatic rings. The number of rotatable bonds is 12. The molecule has 59 heavy (non-hydrogen) atoms. The standard InChI is InChI=1S/C22H19N3O3S.C19H17NO3.C3H4N2OS/c1-27-16-4-2-3-14(11-16)8-10-28-19-7-9-24-18-6-5-15(12-17(18)19)13-20-21(26)25-22(23)29-20;1-22-16-4-2-3-14(11-16)8-10-23-19-7-9-20-18-6-5-15(13-21)12-17(18)19;4-3-5-2(6)1-7-3/h2-7,9,11-13H,8,10H2,1H3,(H2,23,25,26);2-7,9,11-13H,8,10H2,1H3;1H2,(H2,4,5,6)/b20-13-;;. The first-order valence-electron chi connectivity index (χ1n) is 18.2. The minimum absolute atomic E-state index is 0.123. The number of carbonyl (C=O) groups is 3. The molecule has 0 unspecified atom stereocenters. The summed E-state index contributed by atoms with van der Waals surface area (Å²) in [5.41, 5.74) is 10.5. The molecule has 2 amide bonds. The fourth-order valence-corrected chi connectivity index (χ4v) is 7.03. The number of aldehydes is 1. The van der Waals surface area contributed by atoms with Gasteiger partial charge in [-0.05, 0) is 101 Å². The Bertz CT molecular complexity index is 2560. The van der Waals surface area contributed by atoms with Crippen LogP contribution in [-0.4, -0.2) is 71.6 Å². The maximum Gasteiger partial charge on any atom is 0.264 e. The third kappa shape index (κ3) is 11.9. The van der Waals surface area contributed by atoms with Gasteiger partial charge in [0, 0.05) is 41.6 Å². The second-order valence-corrected chi connectivity index (χ2v) is 14.8. The van der Waals surface area contributed by atoms with Crippen LogP contribution in [-0.2, 0) is 22.4 Å². The fraction of sp³-hybridized carbons (Fsp3) is 0.159. The van der Waals surface area contributed by atoms with Crippen LogP contribution in [0, 0.1) is 5.41 Å². The third-order valence-corrected chi connectivity index (χ3v) is 10.3. The van der Waals surface area contributed by atoms with Gasteiger partial charge in [-0.3, -0.25) is 29.8 Å². The van der Waals surface area contributed by atoms with Gasteiger partial charge < -0.3 is 30.0 Å². The lowest BCUT2D eigenvalue weighted by Gasteiger charge is -2.10. The molecule has 300 valence electrons. The van der Waals surface area contributed by atoms with Crippen molar-refractivity contribution in [3.05, 3.63) is 137 Å². The molecule has 2 aromatic heterocycles. The number of aliphatic imine (C=N–C) groups is 1. The highest BCUT2D eigenvalue weighted by molar-refractivity contribution is 8.18. The predicted octanol–water partition coefficient (Wildman–Crippen LogP) is 7.26. The molecule has 15 heteroatoms. The van der Waals surface area contributed by atoms with E-state index >= 15 is 0 Å². The lowest BCUT2D eigenvalue weighted by molar-refractivity contribution is -0.116. The molecule has 8 rings (SSSR count). The van der Waals surface area contributed by atoms with Crippen LogP contribution in [0.3, 0.4) is 0 Å². The zero-order chi connectivity index (χ0) is 41.6. The summed E-state index contributed by atoms with van der Waals surface area (Å²) in [6.07, 6.45) is 7.56. The van der Waals surface area contributed by atoms with Crippen molar-refractivity contribution in [2.24, 2.45) is 10.7 Å². The summed E-state index contributed by atoms with van der Waals surface area (Å²) in [5, 5.41) is 12.3. The highest BCUT2D eigenvalue weighted by atomic mass is 32.2. The number of benzene rings is 4. The number of fused-ring (bicyclic) bond motifs is 2. The summed E-state index contributed by atoms with van der Waals surface area (Å²) in [4.78, 5) is 45.6. The van der Waals surface area contributed by atoms with Crippen LogP contribution in [0.1, 0.15) is 27.0 Å². The van der Waals surface area contributed by atoms with Gasteiger partial charge in [-0.25, -0.2) is 0 Å². The number of aromatic nitrogens is 2. The van der Waals surface area contributed by atoms with E-state index in [4.69, 9.17) is 30.1 Å². The van der Waals surface area contributed by atoms with Gasteiger partial charge in [0.25, 0.3) is 11.8 Å². The van der Waals surface area contributed by atoms with E-state index in [1.807, 2.05) is 84.9 Å². The van der Waals surface area contributed by atoms with Crippen LogP contribution >= 0.6 is 23.5 Å². The highest BCUT2D eigenvalue weighted by Crippen LogP contribution is 2.30. The Hall–Kier alpha value is -6.71. The molecule has 4 N–H and O–H groups in total. The molecule has 0 saturated carbocycles. The zero-order valence-corrected chi connectivity index (χ0v) is 33.8. The largest absolute Gasteiger partial charge is 0.497 e. The quantitative estimate of drug-likeness (QED) is 0.0829. The van der Waals surface area contributed by atoms with E-state index in [-0.39, 0.29) is 17.0 Å². The van der Waals surface area contributed by atoms with Gasteiger partial charge in [-0.15, -0.1) is 0 Å². The van der Waals surface area contributed by atoms with Crippen molar-refractivity contribution in [3.63, 3.8) is 0 Å². The summed E-state index contributed by atoms with van der Waals surface area (Å²) in [5.74, 6) is 3.20. The molecule has 1 saturated heterocycles. The van der Waals surface area contributed by atoms with Gasteiger partial charge in [-0.1, -0.05) is 42.1 Å². The third-order valence-electron chi connectivity index (χ3n) is 8.69. The van der Waals surface area contributed by atoms with E-state index < -0.39 is 0 Å². The lowest BCUT2D eigenvalue weighted by atomic mass is 10.1. The van der Waals surface area contributed by atoms with Gasteiger partial charge in [0.05, 0.1) is 49.1 Å². The number of thioether (sulfide) groups is 2. The van der Waals surface area contributed by atoms with Crippen LogP contribution in [0.2, 0.25) is 0 Å². The normalized spacial score (nSPS) is 13.8. The summed E-state index contributed by atoms with van der Waals surface area (Å²) in [6.45, 7) is 1.06. The summed E-state index contributed by atoms with van der Waals surface area (Å²) in [7, 11) is 3.31. The first-order chi connectivity index (χ1) is 28.7. The van der Waals surface area contributed by atoms with Gasteiger partial charge in [0.15, 0.2) is 10.3 Å². The number of pyridine rings is 2. The van der Waals surface area contributed by atoms with Crippen molar-refractivity contribution < 1.29 is 33.3 Å². The molecule has 4 heterocycles. The molecule has 0 bridgehead atoms. The zero-order valence-electron chi connectivity index (χ0n) is 32.2. The monoisotopic (exact) mass is 828 g/mol. The van der Waals surface area contributed by atoms with Crippen molar-refractivity contribution in [1.82, 2.24) is 15.3 Å². The Balaban J connectivity index is 0.000000173. The smallest absolute Gasteiger partial charge is 0.264 e. The van der Waals surface area contributed by atoms with Crippen LogP contribution in [0.4, 0.5) is 0 Å². The molecule has 0 spiro atoms. The number of nitrogens with two attached hydrogens (primary N) is 1. The van der Waals surface area contributed by atoms with Crippen LogP contribution in [0.25, 0.3) is 27.9 Å². The number of carbonyl (C=O) groups excluding carboxylic acids is 3. The second-order valence-electron chi connectivity index (χ2n) is 12.7. The first kappa shape index (κ1) is 41.9. The Morgan fingerprint density at radius 2 is 1.32 bits per heavy atom. The van der Waals surface area contributed by atoms with E-state index in [1.54, 1.807) is 44.8 Å². The minimum atomic E-state index is -0.249. The highest BCUT2D eigenvalue weighted by Gasteiger charge is 2.22. The van der Waals surface area contributed by atoms with Crippen molar-refractivity contribution in [2.45, 2.75) is 12.8 Å². The van der Waals surface area contributed by atoms with Crippen LogP contribution in [0.5, 0.6) is 23.0 Å². The number of hydrogen-bond donors (Lipinski definition) is 3. The molecule has 0 aliphatic carbocycles. The number of methoxy groups -OCH3 is 2. The Morgan fingerprint density at radius 3 is 1.78 bits per heavy atom. The minimum Gasteiger partial charge on any atom is -0.497 e. The molecule has 0 atom stereocenters. The van der Waals surface area contributed by atoms with Crippen molar-refractivity contribution in [3.8, 4) is 23.0 Å². The maximum absolute atomic E-state index is 11.9. The predicted molar refractivity (Wildman–Crippen MR) is 234 cm³/mol. The molecule has 2 aliphatic heterocycles. The van der Waals surface area contributed by atoms with Gasteiger partial charge in [0.1, 0.15) is 29.3 Å². The summed E-state index contributed by atoms with van der Waals surface area (Å²) >= 11 is 2.40. The topological polar surface area (TPSA) is 188 Å². The van der Waals surface area contributed by atoms with E-state index in [2.05, 4.69) is 20.3 Å². The van der Waals surface area contributed by atoms with Gasteiger partial charge >= 0.3 is 0 Å². The number of hydrogen-bond acceptors (Lipinski definition) is 13. The fourth-order valence-electron chi connectivity index (χ4n) is 5.82. The van der Waals surface area contributed by atoms with E-state index in [0.717, 1.165) is 92.4 Å². The average Bonchev–Trinajstić information content (AvgIpc) is 3.80. The lowest BCUT2D eigenvalue weighted by Crippen LogP contribution is -2.18. The van der Waals surface area contributed by atoms with Crippen molar-refractivity contribution in [1.29, 1.82) is 5.41 Å². The van der Waals surface area contributed by atoms with Crippen molar-refractivity contribution in [2.75, 3.05) is 33.2 Å². The molecule has 2 aliphatic rings. The summed E-state index contributed by atoms with van der Waals surface area (Å²) < 4.78 is 22.4. The number of amidine groups is 2. The maximum atomic E-state index is 11.9. The molecular formula is C44H40N6O7S2. The second kappa shape index (κ2) is 20.6. The molecule has 13 nitrogen and oxygen atoms in total. The number of nitrogens with one attached hydrogen (secondary N) is 2. The summed E-state index contributed by atoms with van der Waals surface area (Å²) in [6, 6.07) is 30.7. The Morgan fingerprint density at radius 1 is 0.763 bits per heavy atom. The average molecular weight is 829 g/mol. The number of ether oxygens (including phenoxy) is 4. The van der Waals surface area contributed by atoms with Crippen LogP contribution in [0.15, 0.2) is 119 Å². The van der Waals surface area contributed by atoms with Gasteiger partial charge in [0.2, 0.25) is 0 Å². The van der Waals surface area contributed by atoms with E-state index in [9.17, 15) is 14.4 Å². The van der Waals surface area contributed by atoms with Gasteiger partial charge in [-0.2, -0.15) is 4.99 Å². The number of amides is 2. The Labute approximate surface area is 348 Å².